The molecular formula is C55H42N6. The molecule has 0 unspecified atom stereocenters. The zero-order valence-electron chi connectivity index (χ0n) is 33.7. The fourth-order valence-corrected chi connectivity index (χ4v) is 8.37. The largest absolute Gasteiger partial charge is 0.398 e. The van der Waals surface area contributed by atoms with E-state index in [0.717, 1.165) is 89.3 Å². The zero-order valence-corrected chi connectivity index (χ0v) is 33.7. The van der Waals surface area contributed by atoms with Crippen LogP contribution in [-0.2, 0) is 6.54 Å². The minimum atomic E-state index is 0.515. The van der Waals surface area contributed by atoms with Crippen LogP contribution >= 0.6 is 0 Å². The zero-order chi connectivity index (χ0) is 41.1. The van der Waals surface area contributed by atoms with Crippen LogP contribution in [0.25, 0.3) is 72.5 Å². The van der Waals surface area contributed by atoms with Crippen LogP contribution in [-0.4, -0.2) is 27.4 Å². The third kappa shape index (κ3) is 7.10. The second-order valence-corrected chi connectivity index (χ2v) is 15.1. The Morgan fingerprint density at radius 3 is 1.87 bits per heavy atom. The van der Waals surface area contributed by atoms with Crippen molar-refractivity contribution in [2.75, 3.05) is 17.7 Å². The van der Waals surface area contributed by atoms with E-state index < -0.39 is 0 Å². The molecule has 292 valence electrons. The van der Waals surface area contributed by atoms with Crippen molar-refractivity contribution in [3.8, 4) is 50.7 Å². The Hall–Kier alpha value is -8.09. The van der Waals surface area contributed by atoms with Crippen molar-refractivity contribution in [1.29, 1.82) is 0 Å². The summed E-state index contributed by atoms with van der Waals surface area (Å²) >= 11 is 0. The maximum Gasteiger partial charge on any atom is 0.160 e. The van der Waals surface area contributed by atoms with Gasteiger partial charge in [0.15, 0.2) is 5.82 Å². The third-order valence-electron chi connectivity index (χ3n) is 11.2. The van der Waals surface area contributed by atoms with E-state index in [1.807, 2.05) is 60.7 Å². The average Bonchev–Trinajstić information content (AvgIpc) is 3.67. The first-order valence-corrected chi connectivity index (χ1v) is 20.5. The number of benzene rings is 8. The van der Waals surface area contributed by atoms with E-state index in [9.17, 15) is 0 Å². The lowest BCUT2D eigenvalue weighted by atomic mass is 9.98. The second-order valence-electron chi connectivity index (χ2n) is 15.1. The maximum absolute atomic E-state index is 6.87. The molecule has 0 saturated carbocycles. The van der Waals surface area contributed by atoms with Gasteiger partial charge < -0.3 is 15.2 Å². The van der Waals surface area contributed by atoms with Crippen molar-refractivity contribution in [3.05, 3.63) is 223 Å². The van der Waals surface area contributed by atoms with E-state index in [-0.39, 0.29) is 0 Å². The molecule has 2 N–H and O–H groups in total. The Bertz CT molecular complexity index is 3120. The van der Waals surface area contributed by atoms with Crippen molar-refractivity contribution in [2.24, 2.45) is 4.99 Å². The molecule has 0 fully saturated rings. The number of rotatable bonds is 9. The molecule has 2 aromatic heterocycles. The fraction of sp³-hybridized carbons (Fsp3) is 0.0364. The van der Waals surface area contributed by atoms with Gasteiger partial charge in [0.25, 0.3) is 0 Å². The summed E-state index contributed by atoms with van der Waals surface area (Å²) in [6.07, 6.45) is 0. The number of aliphatic imine (C=N–C) groups is 1. The van der Waals surface area contributed by atoms with Crippen molar-refractivity contribution >= 4 is 39.0 Å². The molecule has 10 aromatic rings. The highest BCUT2D eigenvalue weighted by Crippen LogP contribution is 2.46. The van der Waals surface area contributed by atoms with Gasteiger partial charge in [-0.25, -0.2) is 9.97 Å². The van der Waals surface area contributed by atoms with E-state index in [0.29, 0.717) is 18.1 Å². The summed E-state index contributed by atoms with van der Waals surface area (Å²) in [5.74, 6) is 1.51. The number of anilines is 2. The minimum Gasteiger partial charge on any atom is -0.398 e. The molecule has 2 heterocycles. The number of aromatic nitrogens is 3. The van der Waals surface area contributed by atoms with Gasteiger partial charge in [-0.2, -0.15) is 0 Å². The van der Waals surface area contributed by atoms with E-state index in [1.165, 1.54) is 0 Å². The van der Waals surface area contributed by atoms with Gasteiger partial charge in [0, 0.05) is 56.9 Å². The molecule has 61 heavy (non-hydrogen) atoms. The van der Waals surface area contributed by atoms with Crippen molar-refractivity contribution in [3.63, 3.8) is 0 Å². The highest BCUT2D eigenvalue weighted by Gasteiger charge is 2.26. The monoisotopic (exact) mass is 786 g/mol. The Morgan fingerprint density at radius 2 is 1.13 bits per heavy atom. The Morgan fingerprint density at radius 1 is 0.541 bits per heavy atom. The number of hydrogen-bond donors (Lipinski definition) is 1. The molecule has 0 aliphatic heterocycles. The molecule has 6 nitrogen and oxygen atoms in total. The van der Waals surface area contributed by atoms with Gasteiger partial charge >= 0.3 is 0 Å². The number of fused-ring (bicyclic) bond motifs is 3. The third-order valence-corrected chi connectivity index (χ3v) is 11.2. The molecule has 0 aliphatic rings. The molecule has 0 bridgehead atoms. The fourth-order valence-electron chi connectivity index (χ4n) is 8.37. The molecule has 0 atom stereocenters. The molecule has 6 heteroatoms. The summed E-state index contributed by atoms with van der Waals surface area (Å²) in [4.78, 5) is 18.1. The number of para-hydroxylation sites is 3. The highest BCUT2D eigenvalue weighted by molar-refractivity contribution is 6.21. The van der Waals surface area contributed by atoms with Gasteiger partial charge in [0.2, 0.25) is 0 Å². The first-order valence-electron chi connectivity index (χ1n) is 20.5. The van der Waals surface area contributed by atoms with Crippen LogP contribution in [0.15, 0.2) is 217 Å². The summed E-state index contributed by atoms with van der Waals surface area (Å²) in [6, 6.07) is 73.3. The van der Waals surface area contributed by atoms with Gasteiger partial charge in [-0.3, -0.25) is 4.99 Å². The molecule has 0 radical (unpaired) electrons. The number of hydrogen-bond acceptors (Lipinski definition) is 4. The number of nitrogens with zero attached hydrogens (tertiary/aromatic N) is 5. The average molecular weight is 787 g/mol. The van der Waals surface area contributed by atoms with Crippen LogP contribution in [0, 0.1) is 0 Å². The van der Waals surface area contributed by atoms with Gasteiger partial charge in [-0.1, -0.05) is 188 Å². The van der Waals surface area contributed by atoms with Crippen LogP contribution < -0.4 is 10.6 Å². The predicted octanol–water partition coefficient (Wildman–Crippen LogP) is 12.9. The normalized spacial score (nSPS) is 11.6. The van der Waals surface area contributed by atoms with Gasteiger partial charge in [0.1, 0.15) is 5.84 Å². The van der Waals surface area contributed by atoms with Crippen LogP contribution in [0.4, 0.5) is 11.4 Å². The van der Waals surface area contributed by atoms with Gasteiger partial charge in [-0.05, 0) is 29.8 Å². The molecule has 8 aromatic carbocycles. The molecule has 0 amide bonds. The lowest BCUT2D eigenvalue weighted by molar-refractivity contribution is 1.05. The Kier molecular flexibility index (Phi) is 9.93. The summed E-state index contributed by atoms with van der Waals surface area (Å²) in [7, 11) is 2.13. The molecule has 10 rings (SSSR count). The summed E-state index contributed by atoms with van der Waals surface area (Å²) in [5, 5.41) is 2.24. The molecular weight excluding hydrogens is 745 g/mol. The maximum atomic E-state index is 6.87. The van der Waals surface area contributed by atoms with Crippen LogP contribution in [0.3, 0.4) is 0 Å². The number of nitrogen functional groups attached to an aromatic ring is 1. The van der Waals surface area contributed by atoms with Gasteiger partial charge in [0.05, 0.1) is 40.3 Å². The second kappa shape index (κ2) is 16.3. The van der Waals surface area contributed by atoms with Crippen LogP contribution in [0.1, 0.15) is 11.1 Å². The predicted molar refractivity (Wildman–Crippen MR) is 254 cm³/mol. The van der Waals surface area contributed by atoms with Crippen LogP contribution in [0.5, 0.6) is 0 Å². The number of nitrogens with two attached hydrogens (primary N) is 1. The summed E-state index contributed by atoms with van der Waals surface area (Å²) < 4.78 is 2.40. The number of amidine groups is 1. The van der Waals surface area contributed by atoms with Crippen molar-refractivity contribution in [1.82, 2.24) is 14.5 Å². The minimum absolute atomic E-state index is 0.515. The summed E-state index contributed by atoms with van der Waals surface area (Å²) in [6.45, 7) is 0.515. The van der Waals surface area contributed by atoms with Gasteiger partial charge in [-0.15, -0.1) is 0 Å². The highest BCUT2D eigenvalue weighted by atomic mass is 15.2. The van der Waals surface area contributed by atoms with E-state index in [1.54, 1.807) is 0 Å². The van der Waals surface area contributed by atoms with Crippen LogP contribution in [0.2, 0.25) is 0 Å². The van der Waals surface area contributed by atoms with E-state index in [2.05, 4.69) is 168 Å². The molecule has 0 aliphatic carbocycles. The molecule has 0 spiro atoms. The van der Waals surface area contributed by atoms with Crippen molar-refractivity contribution < 1.29 is 0 Å². The quantitative estimate of drug-likeness (QED) is 0.0898. The smallest absolute Gasteiger partial charge is 0.160 e. The SMILES string of the molecule is CN(C(=NCc1ccccc1)c1ccccc1)c1c(-c2ccccc2N)ccc2c3ccccc3n(-c3ccccc3-c3cc(-c4ccccc4)nc(-c4ccccc4)n3)c12. The Balaban J connectivity index is 1.28. The standard InChI is InChI=1S/C55H42N6/c1-60(55(41-26-12-5-13-27-41)57-37-38-20-6-2-7-21-38)52-44(42-28-14-17-31-47(42)56)34-35-45-43-29-15-18-32-50(43)61(53(45)52)51-33-19-16-30-46(51)49-36-48(39-22-8-3-9-23-39)58-54(59-49)40-24-10-4-11-25-40/h2-36H,37,56H2,1H3. The molecule has 0 saturated heterocycles. The van der Waals surface area contributed by atoms with Crippen molar-refractivity contribution in [2.45, 2.75) is 6.54 Å². The first-order chi connectivity index (χ1) is 30.1. The lowest BCUT2D eigenvalue weighted by Crippen LogP contribution is -2.29. The topological polar surface area (TPSA) is 72.3 Å². The lowest BCUT2D eigenvalue weighted by Gasteiger charge is -2.27. The van der Waals surface area contributed by atoms with E-state index >= 15 is 0 Å². The Labute approximate surface area is 355 Å². The van der Waals surface area contributed by atoms with E-state index in [4.69, 9.17) is 20.7 Å². The first kappa shape index (κ1) is 37.2. The summed E-state index contributed by atoms with van der Waals surface area (Å²) in [5.41, 5.74) is 20.3.